The average molecular weight is 145 g/mol. The summed E-state index contributed by atoms with van der Waals surface area (Å²) in [5, 5.41) is 0. The molecule has 0 aromatic carbocycles. The van der Waals surface area contributed by atoms with Crippen LogP contribution in [0.3, 0.4) is 0 Å². The molecule has 0 aromatic rings. The molecule has 2 heteroatoms. The standard InChI is InChI=1S/C7H16NP/c1-2-7-6(3-4-8)5-9-7/h6-7,9H,2-5,8H2,1H3. The van der Waals surface area contributed by atoms with Gasteiger partial charge in [-0.15, -0.1) is 8.58 Å². The summed E-state index contributed by atoms with van der Waals surface area (Å²) in [7, 11) is 1.25. The zero-order valence-electron chi connectivity index (χ0n) is 6.06. The number of nitrogens with two attached hydrogens (primary N) is 1. The molecule has 0 spiro atoms. The zero-order chi connectivity index (χ0) is 6.69. The average Bonchev–Trinajstić information content (AvgIpc) is 1.82. The molecule has 0 amide bonds. The van der Waals surface area contributed by atoms with E-state index in [9.17, 15) is 0 Å². The Morgan fingerprint density at radius 2 is 2.44 bits per heavy atom. The Morgan fingerprint density at radius 1 is 1.67 bits per heavy atom. The lowest BCUT2D eigenvalue weighted by Crippen LogP contribution is -2.29. The van der Waals surface area contributed by atoms with Crippen molar-refractivity contribution in [2.75, 3.05) is 12.7 Å². The molecule has 0 saturated carbocycles. The number of rotatable bonds is 3. The summed E-state index contributed by atoms with van der Waals surface area (Å²) in [6.45, 7) is 3.19. The SMILES string of the molecule is CCC1PCC1CCN. The van der Waals surface area contributed by atoms with Crippen LogP contribution in [0, 0.1) is 5.92 Å². The molecule has 54 valence electrons. The molecule has 1 rings (SSSR count). The van der Waals surface area contributed by atoms with E-state index < -0.39 is 0 Å². The van der Waals surface area contributed by atoms with E-state index in [4.69, 9.17) is 5.73 Å². The highest BCUT2D eigenvalue weighted by atomic mass is 31.1. The highest BCUT2D eigenvalue weighted by Gasteiger charge is 2.27. The van der Waals surface area contributed by atoms with Crippen molar-refractivity contribution in [3.8, 4) is 0 Å². The predicted octanol–water partition coefficient (Wildman–Crippen LogP) is 1.42. The fourth-order valence-electron chi connectivity index (χ4n) is 1.45. The van der Waals surface area contributed by atoms with Crippen LogP contribution in [0.2, 0.25) is 0 Å². The predicted molar refractivity (Wildman–Crippen MR) is 44.4 cm³/mol. The van der Waals surface area contributed by atoms with E-state index in [0.29, 0.717) is 0 Å². The molecule has 0 bridgehead atoms. The lowest BCUT2D eigenvalue weighted by atomic mass is 10.0. The summed E-state index contributed by atoms with van der Waals surface area (Å²) in [6, 6.07) is 0. The van der Waals surface area contributed by atoms with Crippen molar-refractivity contribution in [3.63, 3.8) is 0 Å². The van der Waals surface area contributed by atoms with Gasteiger partial charge in [0.05, 0.1) is 0 Å². The van der Waals surface area contributed by atoms with E-state index in [1.807, 2.05) is 0 Å². The smallest absolute Gasteiger partial charge is 0.00743 e. The van der Waals surface area contributed by atoms with Gasteiger partial charge in [0.1, 0.15) is 0 Å². The molecule has 1 fully saturated rings. The van der Waals surface area contributed by atoms with Crippen LogP contribution in [-0.2, 0) is 0 Å². The second kappa shape index (κ2) is 3.53. The second-order valence-corrected chi connectivity index (χ2v) is 4.32. The van der Waals surface area contributed by atoms with E-state index in [1.54, 1.807) is 0 Å². The summed E-state index contributed by atoms with van der Waals surface area (Å²) in [6.07, 6.45) is 4.12. The van der Waals surface area contributed by atoms with Gasteiger partial charge >= 0.3 is 0 Å². The third-order valence-electron chi connectivity index (χ3n) is 2.19. The molecule has 9 heavy (non-hydrogen) atoms. The van der Waals surface area contributed by atoms with Gasteiger partial charge in [0.2, 0.25) is 0 Å². The van der Waals surface area contributed by atoms with Crippen LogP contribution in [0.15, 0.2) is 0 Å². The van der Waals surface area contributed by atoms with E-state index in [0.717, 1.165) is 18.1 Å². The van der Waals surface area contributed by atoms with Gasteiger partial charge in [-0.25, -0.2) is 0 Å². The Labute approximate surface area is 59.2 Å². The van der Waals surface area contributed by atoms with Crippen LogP contribution < -0.4 is 5.73 Å². The molecule has 3 unspecified atom stereocenters. The summed E-state index contributed by atoms with van der Waals surface area (Å²) >= 11 is 0. The normalized spacial score (nSPS) is 36.7. The van der Waals surface area contributed by atoms with Crippen LogP contribution >= 0.6 is 8.58 Å². The van der Waals surface area contributed by atoms with Gasteiger partial charge in [0.15, 0.2) is 0 Å². The molecule has 0 aromatic heterocycles. The van der Waals surface area contributed by atoms with Crippen molar-refractivity contribution in [1.29, 1.82) is 0 Å². The maximum Gasteiger partial charge on any atom is -0.00743 e. The molecule has 1 nitrogen and oxygen atoms in total. The van der Waals surface area contributed by atoms with Gasteiger partial charge in [-0.2, -0.15) is 0 Å². The molecular formula is C7H16NP. The van der Waals surface area contributed by atoms with E-state index in [-0.39, 0.29) is 0 Å². The van der Waals surface area contributed by atoms with Gasteiger partial charge in [-0.3, -0.25) is 0 Å². The molecule has 3 atom stereocenters. The van der Waals surface area contributed by atoms with Gasteiger partial charge in [0.25, 0.3) is 0 Å². The van der Waals surface area contributed by atoms with Crippen LogP contribution in [0.4, 0.5) is 0 Å². The van der Waals surface area contributed by atoms with Crippen LogP contribution in [-0.4, -0.2) is 18.4 Å². The Hall–Kier alpha value is 0.390. The largest absolute Gasteiger partial charge is 0.330 e. The summed E-state index contributed by atoms with van der Waals surface area (Å²) < 4.78 is 0. The maximum atomic E-state index is 5.46. The summed E-state index contributed by atoms with van der Waals surface area (Å²) in [5.41, 5.74) is 6.51. The quantitative estimate of drug-likeness (QED) is 0.597. The zero-order valence-corrected chi connectivity index (χ0v) is 7.06. The van der Waals surface area contributed by atoms with Crippen LogP contribution in [0.1, 0.15) is 19.8 Å². The molecule has 1 aliphatic heterocycles. The minimum absolute atomic E-state index is 0.894. The number of hydrogen-bond donors (Lipinski definition) is 1. The second-order valence-electron chi connectivity index (χ2n) is 2.76. The molecule has 1 heterocycles. The first kappa shape index (κ1) is 7.50. The maximum absolute atomic E-state index is 5.46. The van der Waals surface area contributed by atoms with E-state index in [2.05, 4.69) is 6.92 Å². The first-order chi connectivity index (χ1) is 4.38. The molecular weight excluding hydrogens is 129 g/mol. The number of hydrogen-bond acceptors (Lipinski definition) is 1. The van der Waals surface area contributed by atoms with Gasteiger partial charge in [-0.1, -0.05) is 6.92 Å². The van der Waals surface area contributed by atoms with Gasteiger partial charge in [0, 0.05) is 0 Å². The van der Waals surface area contributed by atoms with Crippen LogP contribution in [0.5, 0.6) is 0 Å². The third-order valence-corrected chi connectivity index (χ3v) is 4.35. The minimum Gasteiger partial charge on any atom is -0.330 e. The Morgan fingerprint density at radius 3 is 2.78 bits per heavy atom. The highest BCUT2D eigenvalue weighted by molar-refractivity contribution is 7.40. The van der Waals surface area contributed by atoms with Crippen molar-refractivity contribution in [3.05, 3.63) is 0 Å². The van der Waals surface area contributed by atoms with Gasteiger partial charge in [-0.05, 0) is 37.1 Å². The molecule has 2 N–H and O–H groups in total. The van der Waals surface area contributed by atoms with Crippen LogP contribution in [0.25, 0.3) is 0 Å². The third kappa shape index (κ3) is 1.65. The van der Waals surface area contributed by atoms with E-state index >= 15 is 0 Å². The molecule has 0 aliphatic carbocycles. The van der Waals surface area contributed by atoms with E-state index in [1.165, 1.54) is 27.6 Å². The van der Waals surface area contributed by atoms with Crippen molar-refractivity contribution >= 4 is 8.58 Å². The molecule has 1 aliphatic rings. The lowest BCUT2D eigenvalue weighted by molar-refractivity contribution is 0.474. The first-order valence-electron chi connectivity index (χ1n) is 3.82. The Kier molecular flexibility index (Phi) is 2.94. The lowest BCUT2D eigenvalue weighted by Gasteiger charge is -2.35. The van der Waals surface area contributed by atoms with Gasteiger partial charge < -0.3 is 5.73 Å². The van der Waals surface area contributed by atoms with Crippen molar-refractivity contribution in [2.24, 2.45) is 11.7 Å². The van der Waals surface area contributed by atoms with Crippen molar-refractivity contribution in [1.82, 2.24) is 0 Å². The molecule has 1 saturated heterocycles. The Balaban J connectivity index is 2.11. The van der Waals surface area contributed by atoms with Crippen molar-refractivity contribution < 1.29 is 0 Å². The summed E-state index contributed by atoms with van der Waals surface area (Å²) in [5.74, 6) is 0.998. The first-order valence-corrected chi connectivity index (χ1v) is 5.10. The minimum atomic E-state index is 0.894. The highest BCUT2D eigenvalue weighted by Crippen LogP contribution is 2.43. The molecule has 0 radical (unpaired) electrons. The fourth-order valence-corrected chi connectivity index (χ4v) is 3.01. The monoisotopic (exact) mass is 145 g/mol. The van der Waals surface area contributed by atoms with Crippen molar-refractivity contribution in [2.45, 2.75) is 25.4 Å². The Bertz CT molecular complexity index is 83.0. The summed E-state index contributed by atoms with van der Waals surface area (Å²) in [4.78, 5) is 0. The topological polar surface area (TPSA) is 26.0 Å². The fraction of sp³-hybridized carbons (Fsp3) is 1.00.